The van der Waals surface area contributed by atoms with Gasteiger partial charge in [-0.25, -0.2) is 0 Å². The Morgan fingerprint density at radius 2 is 1.00 bits per heavy atom. The van der Waals surface area contributed by atoms with Crippen LogP contribution in [0.2, 0.25) is 0 Å². The van der Waals surface area contributed by atoms with Crippen molar-refractivity contribution >= 4 is 89.1 Å². The maximum absolute atomic E-state index is 8.74. The van der Waals surface area contributed by atoms with Gasteiger partial charge >= 0.3 is 80.7 Å². The number of hydrogen-bond donors (Lipinski definition) is 2. The van der Waals surface area contributed by atoms with Crippen molar-refractivity contribution < 1.29 is 32.9 Å². The summed E-state index contributed by atoms with van der Waals surface area (Å²) in [5, 5.41) is 17.5. The van der Waals surface area contributed by atoms with E-state index in [4.69, 9.17) is 10.0 Å². The molecule has 0 spiro atoms. The van der Waals surface area contributed by atoms with Gasteiger partial charge in [0.05, 0.1) is 8.41 Å². The molecule has 2 aliphatic rings. The first-order chi connectivity index (χ1) is 5.24. The topological polar surface area (TPSA) is 86.6 Å². The summed E-state index contributed by atoms with van der Waals surface area (Å²) in [6, 6.07) is 0. The molecule has 2 saturated heterocycles. The van der Waals surface area contributed by atoms with Crippen molar-refractivity contribution in [2.45, 2.75) is 0 Å². The fraction of sp³-hybridized carbons (Fsp3) is 0. The van der Waals surface area contributed by atoms with Crippen molar-refractivity contribution in [3.63, 3.8) is 0 Å². The van der Waals surface area contributed by atoms with Gasteiger partial charge in [-0.2, -0.15) is 0 Å². The van der Waals surface area contributed by atoms with Crippen molar-refractivity contribution in [2.24, 2.45) is 0 Å². The van der Waals surface area contributed by atoms with E-state index < -0.39 is 29.3 Å². The Bertz CT molecular complexity index is 122. The molecule has 0 aromatic carbocycles. The molecule has 0 amide bonds. The fourth-order valence-corrected chi connectivity index (χ4v) is 0.728. The van der Waals surface area contributed by atoms with Crippen LogP contribution in [0.1, 0.15) is 0 Å². The Labute approximate surface area is 120 Å². The van der Waals surface area contributed by atoms with Crippen LogP contribution in [0, 0.1) is 0 Å². The van der Waals surface area contributed by atoms with Crippen LogP contribution < -0.4 is 0 Å². The van der Waals surface area contributed by atoms with Crippen molar-refractivity contribution in [1.82, 2.24) is 0 Å². The van der Waals surface area contributed by atoms with E-state index in [2.05, 4.69) is 22.9 Å². The molecule has 0 aromatic rings. The summed E-state index contributed by atoms with van der Waals surface area (Å²) < 4.78 is 22.6. The average molecular weight is 211 g/mol. The summed E-state index contributed by atoms with van der Waals surface area (Å²) in [4.78, 5) is 0. The Morgan fingerprint density at radius 3 is 1.31 bits per heavy atom. The van der Waals surface area contributed by atoms with E-state index in [9.17, 15) is 0 Å². The van der Waals surface area contributed by atoms with Gasteiger partial charge in [-0.3, -0.25) is 0 Å². The van der Waals surface area contributed by atoms with E-state index in [1.165, 1.54) is 0 Å². The molecule has 2 heterocycles. The predicted molar refractivity (Wildman–Crippen MR) is 50.0 cm³/mol. The minimum absolute atomic E-state index is 0. The molecule has 7 nitrogen and oxygen atoms in total. The molecular weight excluding hydrogens is 205 g/mol. The molecular formula is H6B5KO7. The van der Waals surface area contributed by atoms with Gasteiger partial charge in [0.25, 0.3) is 0 Å². The van der Waals surface area contributed by atoms with E-state index in [1.807, 2.05) is 0 Å². The van der Waals surface area contributed by atoms with Crippen LogP contribution in [0.25, 0.3) is 0 Å². The van der Waals surface area contributed by atoms with Crippen molar-refractivity contribution in [2.75, 3.05) is 0 Å². The standard InChI is InChI=1S/B4H2O7.BH3.K.H/c5-1-7-3-9-2(6)10-4(8-1)11-3;;;/h5-6H;1H3;;. The predicted octanol–water partition coefficient (Wildman–Crippen LogP) is -4.81. The van der Waals surface area contributed by atoms with Crippen LogP contribution in [0.4, 0.5) is 0 Å². The number of fused-ring (bicyclic) bond motifs is 2. The number of rotatable bonds is 0. The minimum atomic E-state index is -1.45. The van der Waals surface area contributed by atoms with Crippen LogP contribution in [0.3, 0.4) is 0 Å². The molecule has 2 bridgehead atoms. The summed E-state index contributed by atoms with van der Waals surface area (Å²) in [6.07, 6.45) is 0. The van der Waals surface area contributed by atoms with E-state index in [1.54, 1.807) is 0 Å². The zero-order valence-electron chi connectivity index (χ0n) is 5.25. The second kappa shape index (κ2) is 6.30. The molecule has 2 N–H and O–H groups in total. The van der Waals surface area contributed by atoms with Gasteiger partial charge in [-0.05, 0) is 0 Å². The summed E-state index contributed by atoms with van der Waals surface area (Å²) >= 11 is 0. The fourth-order valence-electron chi connectivity index (χ4n) is 0.728. The molecule has 2 aliphatic heterocycles. The molecule has 0 atom stereocenters. The third-order valence-electron chi connectivity index (χ3n) is 1.13. The van der Waals surface area contributed by atoms with Crippen LogP contribution >= 0.6 is 0 Å². The Morgan fingerprint density at radius 1 is 0.692 bits per heavy atom. The quantitative estimate of drug-likeness (QED) is 0.389. The van der Waals surface area contributed by atoms with E-state index >= 15 is 0 Å². The van der Waals surface area contributed by atoms with Gasteiger partial charge < -0.3 is 32.9 Å². The first-order valence-corrected chi connectivity index (χ1v) is 2.87. The summed E-state index contributed by atoms with van der Waals surface area (Å²) in [5.74, 6) is 0. The molecule has 0 radical (unpaired) electrons. The molecule has 64 valence electrons. The van der Waals surface area contributed by atoms with Crippen molar-refractivity contribution in [1.29, 1.82) is 0 Å². The summed E-state index contributed by atoms with van der Waals surface area (Å²) in [5.41, 5.74) is 0. The Balaban J connectivity index is 0.000000720. The van der Waals surface area contributed by atoms with E-state index in [-0.39, 0.29) is 59.8 Å². The molecule has 2 rings (SSSR count). The van der Waals surface area contributed by atoms with Gasteiger partial charge in [0.15, 0.2) is 0 Å². The van der Waals surface area contributed by atoms with E-state index in [0.717, 1.165) is 0 Å². The summed E-state index contributed by atoms with van der Waals surface area (Å²) in [6.45, 7) is 0. The van der Waals surface area contributed by atoms with Gasteiger partial charge in [-0.1, -0.05) is 0 Å². The molecule has 13 heteroatoms. The number of hydrogen-bond acceptors (Lipinski definition) is 7. The molecule has 0 aromatic heterocycles. The van der Waals surface area contributed by atoms with Gasteiger partial charge in [0.2, 0.25) is 0 Å². The third-order valence-corrected chi connectivity index (χ3v) is 1.13. The molecule has 0 aliphatic carbocycles. The van der Waals surface area contributed by atoms with Crippen molar-refractivity contribution in [3.8, 4) is 0 Å². The normalized spacial score (nSPS) is 20.8. The molecule has 0 saturated carbocycles. The van der Waals surface area contributed by atoms with Crippen LogP contribution in [-0.2, 0) is 22.9 Å². The van der Waals surface area contributed by atoms with E-state index in [0.29, 0.717) is 0 Å². The van der Waals surface area contributed by atoms with Crippen LogP contribution in [-0.4, -0.2) is 99.1 Å². The third kappa shape index (κ3) is 3.97. The van der Waals surface area contributed by atoms with Gasteiger partial charge in [0.1, 0.15) is 0 Å². The van der Waals surface area contributed by atoms with Gasteiger partial charge in [-0.15, -0.1) is 0 Å². The average Bonchev–Trinajstić information content (AvgIpc) is 1.82. The van der Waals surface area contributed by atoms with Gasteiger partial charge in [0, 0.05) is 0 Å². The van der Waals surface area contributed by atoms with Crippen molar-refractivity contribution in [3.05, 3.63) is 0 Å². The Hall–Kier alpha value is 1.68. The second-order valence-corrected chi connectivity index (χ2v) is 1.87. The second-order valence-electron chi connectivity index (χ2n) is 1.87. The van der Waals surface area contributed by atoms with Crippen LogP contribution in [0.15, 0.2) is 0 Å². The van der Waals surface area contributed by atoms with Crippen LogP contribution in [0.5, 0.6) is 0 Å². The monoisotopic (exact) mass is 212 g/mol. The SMILES string of the molecule is B.OB1OB2OB(O)OB(O1)O2.[KH]. The maximum atomic E-state index is 8.74. The molecule has 0 unspecified atom stereocenters. The summed E-state index contributed by atoms with van der Waals surface area (Å²) in [7, 11) is -5.20. The molecule has 13 heavy (non-hydrogen) atoms. The first-order valence-electron chi connectivity index (χ1n) is 2.87. The Kier molecular flexibility index (Phi) is 7.12. The molecule has 2 fully saturated rings. The zero-order chi connectivity index (χ0) is 7.84. The zero-order valence-corrected chi connectivity index (χ0v) is 5.25. The first kappa shape index (κ1) is 14.7.